The van der Waals surface area contributed by atoms with Gasteiger partial charge in [-0.15, -0.1) is 0 Å². The van der Waals surface area contributed by atoms with Crippen molar-refractivity contribution in [2.24, 2.45) is 0 Å². The second kappa shape index (κ2) is 7.74. The Kier molecular flexibility index (Phi) is 4.23. The molecule has 2 aromatic heterocycles. The summed E-state index contributed by atoms with van der Waals surface area (Å²) in [5.74, 6) is 0.683. The highest BCUT2D eigenvalue weighted by molar-refractivity contribution is 6.13. The molecule has 3 heteroatoms. The van der Waals surface area contributed by atoms with Crippen molar-refractivity contribution in [2.45, 2.75) is 0 Å². The number of nitrogens with zero attached hydrogens (tertiary/aromatic N) is 3. The molecule has 0 bridgehead atoms. The number of hydrogen-bond acceptors (Lipinski definition) is 2. The molecule has 0 saturated heterocycles. The average molecular weight is 472 g/mol. The number of rotatable bonds is 2. The summed E-state index contributed by atoms with van der Waals surface area (Å²) >= 11 is 0. The normalized spacial score (nSPS) is 11.8. The van der Waals surface area contributed by atoms with Crippen molar-refractivity contribution in [3.8, 4) is 17.2 Å². The molecule has 0 aliphatic rings. The quantitative estimate of drug-likeness (QED) is 0.252. The van der Waals surface area contributed by atoms with Crippen LogP contribution in [0.25, 0.3) is 71.5 Å². The minimum absolute atomic E-state index is 0.683. The van der Waals surface area contributed by atoms with Crippen molar-refractivity contribution in [3.05, 3.63) is 127 Å². The first-order valence-corrected chi connectivity index (χ1v) is 12.5. The molecule has 0 amide bonds. The Morgan fingerprint density at radius 1 is 0.432 bits per heavy atom. The van der Waals surface area contributed by atoms with E-state index < -0.39 is 0 Å². The van der Waals surface area contributed by atoms with Crippen molar-refractivity contribution in [1.29, 1.82) is 0 Å². The Bertz CT molecular complexity index is 2150. The van der Waals surface area contributed by atoms with E-state index in [2.05, 4.69) is 126 Å². The molecule has 0 aliphatic carbocycles. The fourth-order valence-corrected chi connectivity index (χ4v) is 5.67. The fraction of sp³-hybridized carbons (Fsp3) is 0. The topological polar surface area (TPSA) is 30.7 Å². The summed E-state index contributed by atoms with van der Waals surface area (Å²) in [6.07, 6.45) is 0. The molecule has 3 nitrogen and oxygen atoms in total. The van der Waals surface area contributed by atoms with Crippen LogP contribution in [0.3, 0.4) is 0 Å². The summed E-state index contributed by atoms with van der Waals surface area (Å²) in [5, 5.41) is 8.28. The second-order valence-electron chi connectivity index (χ2n) is 9.49. The van der Waals surface area contributed by atoms with Crippen LogP contribution in [0.5, 0.6) is 0 Å². The van der Waals surface area contributed by atoms with E-state index >= 15 is 0 Å². The highest BCUT2D eigenvalue weighted by atomic mass is 15.2. The molecular formula is C34H21N3. The van der Waals surface area contributed by atoms with Crippen molar-refractivity contribution in [1.82, 2.24) is 14.5 Å². The minimum Gasteiger partial charge on any atom is -0.278 e. The predicted octanol–water partition coefficient (Wildman–Crippen LogP) is 8.70. The van der Waals surface area contributed by atoms with Gasteiger partial charge >= 0.3 is 0 Å². The molecule has 0 N–H and O–H groups in total. The van der Waals surface area contributed by atoms with Crippen molar-refractivity contribution < 1.29 is 0 Å². The summed E-state index contributed by atoms with van der Waals surface area (Å²) in [7, 11) is 0. The number of hydrogen-bond donors (Lipinski definition) is 0. The van der Waals surface area contributed by atoms with Crippen LogP contribution in [-0.2, 0) is 0 Å². The molecule has 0 spiro atoms. The molecule has 0 unspecified atom stereocenters. The van der Waals surface area contributed by atoms with Crippen molar-refractivity contribution in [3.63, 3.8) is 0 Å². The molecule has 0 saturated carbocycles. The van der Waals surface area contributed by atoms with E-state index in [4.69, 9.17) is 9.97 Å². The van der Waals surface area contributed by atoms with Crippen molar-refractivity contribution >= 4 is 54.3 Å². The summed E-state index contributed by atoms with van der Waals surface area (Å²) in [6.45, 7) is 0. The van der Waals surface area contributed by atoms with E-state index in [0.717, 1.165) is 33.2 Å². The van der Waals surface area contributed by atoms with Gasteiger partial charge in [-0.1, -0.05) is 103 Å². The molecule has 8 rings (SSSR count). The van der Waals surface area contributed by atoms with Crippen LogP contribution in [0, 0.1) is 0 Å². The van der Waals surface area contributed by atoms with E-state index in [1.165, 1.54) is 32.3 Å². The SMILES string of the molecule is c1ccc2cc3c(cc2c1)c1ccccc1n3-c1nc(-c2cccc3ccccc23)c2ccccc2n1. The van der Waals surface area contributed by atoms with Gasteiger partial charge in [-0.25, -0.2) is 9.97 Å². The maximum Gasteiger partial charge on any atom is 0.235 e. The first-order valence-electron chi connectivity index (χ1n) is 12.5. The highest BCUT2D eigenvalue weighted by Gasteiger charge is 2.18. The van der Waals surface area contributed by atoms with E-state index in [0.29, 0.717) is 5.95 Å². The smallest absolute Gasteiger partial charge is 0.235 e. The van der Waals surface area contributed by atoms with Gasteiger partial charge in [0.2, 0.25) is 5.95 Å². The zero-order valence-electron chi connectivity index (χ0n) is 20.0. The van der Waals surface area contributed by atoms with Gasteiger partial charge in [0.25, 0.3) is 0 Å². The molecule has 0 aliphatic heterocycles. The number of fused-ring (bicyclic) bond motifs is 6. The Hall–Kier alpha value is -5.02. The Morgan fingerprint density at radius 2 is 1.08 bits per heavy atom. The van der Waals surface area contributed by atoms with Gasteiger partial charge in [0.15, 0.2) is 0 Å². The number of benzene rings is 6. The third-order valence-electron chi connectivity index (χ3n) is 7.38. The lowest BCUT2D eigenvalue weighted by molar-refractivity contribution is 1.01. The van der Waals surface area contributed by atoms with Crippen LogP contribution < -0.4 is 0 Å². The number of aromatic nitrogens is 3. The Balaban J connectivity index is 1.52. The first kappa shape index (κ1) is 20.2. The Labute approximate surface area is 213 Å². The summed E-state index contributed by atoms with van der Waals surface area (Å²) in [6, 6.07) is 44.9. The van der Waals surface area contributed by atoms with Crippen LogP contribution in [0.4, 0.5) is 0 Å². The standard InChI is InChI=1S/C34H21N3/c1-2-12-24-21-32-29(20-23(24)11-1)26-15-6-8-19-31(26)37(32)34-35-30-18-7-5-16-28(30)33(36-34)27-17-9-13-22-10-3-4-14-25(22)27/h1-21H. The van der Waals surface area contributed by atoms with Crippen molar-refractivity contribution in [2.75, 3.05) is 0 Å². The van der Waals surface area contributed by atoms with Crippen LogP contribution in [-0.4, -0.2) is 14.5 Å². The first-order chi connectivity index (χ1) is 18.3. The maximum atomic E-state index is 5.30. The van der Waals surface area contributed by atoms with Gasteiger partial charge in [-0.3, -0.25) is 4.57 Å². The lowest BCUT2D eigenvalue weighted by atomic mass is 9.99. The van der Waals surface area contributed by atoms with Gasteiger partial charge in [0.05, 0.1) is 22.2 Å². The van der Waals surface area contributed by atoms with Crippen LogP contribution in [0.1, 0.15) is 0 Å². The van der Waals surface area contributed by atoms with E-state index in [1.807, 2.05) is 6.07 Å². The highest BCUT2D eigenvalue weighted by Crippen LogP contribution is 2.37. The Morgan fingerprint density at radius 3 is 1.95 bits per heavy atom. The van der Waals surface area contributed by atoms with Crippen LogP contribution in [0.2, 0.25) is 0 Å². The molecule has 0 atom stereocenters. The zero-order valence-corrected chi connectivity index (χ0v) is 20.0. The van der Waals surface area contributed by atoms with Gasteiger partial charge in [-0.2, -0.15) is 0 Å². The predicted molar refractivity (Wildman–Crippen MR) is 154 cm³/mol. The lowest BCUT2D eigenvalue weighted by Gasteiger charge is -2.13. The molecule has 2 heterocycles. The molecule has 6 aromatic carbocycles. The third kappa shape index (κ3) is 3.01. The molecule has 8 aromatic rings. The molecule has 172 valence electrons. The van der Waals surface area contributed by atoms with E-state index in [9.17, 15) is 0 Å². The maximum absolute atomic E-state index is 5.30. The van der Waals surface area contributed by atoms with Gasteiger partial charge in [0, 0.05) is 21.7 Å². The summed E-state index contributed by atoms with van der Waals surface area (Å²) in [4.78, 5) is 10.4. The van der Waals surface area contributed by atoms with Gasteiger partial charge in [0.1, 0.15) is 0 Å². The van der Waals surface area contributed by atoms with Crippen LogP contribution in [0.15, 0.2) is 127 Å². The monoisotopic (exact) mass is 471 g/mol. The molecule has 0 radical (unpaired) electrons. The van der Waals surface area contributed by atoms with Gasteiger partial charge in [-0.05, 0) is 45.8 Å². The van der Waals surface area contributed by atoms with E-state index in [-0.39, 0.29) is 0 Å². The fourth-order valence-electron chi connectivity index (χ4n) is 5.67. The van der Waals surface area contributed by atoms with Gasteiger partial charge < -0.3 is 0 Å². The minimum atomic E-state index is 0.683. The van der Waals surface area contributed by atoms with E-state index in [1.54, 1.807) is 0 Å². The zero-order chi connectivity index (χ0) is 24.3. The molecule has 37 heavy (non-hydrogen) atoms. The lowest BCUT2D eigenvalue weighted by Crippen LogP contribution is -2.03. The second-order valence-corrected chi connectivity index (χ2v) is 9.49. The summed E-state index contributed by atoms with van der Waals surface area (Å²) < 4.78 is 2.22. The average Bonchev–Trinajstić information content (AvgIpc) is 3.28. The molecular weight excluding hydrogens is 450 g/mol. The third-order valence-corrected chi connectivity index (χ3v) is 7.38. The van der Waals surface area contributed by atoms with Crippen LogP contribution >= 0.6 is 0 Å². The summed E-state index contributed by atoms with van der Waals surface area (Å²) in [5.41, 5.74) is 5.21. The largest absolute Gasteiger partial charge is 0.278 e. The number of para-hydroxylation sites is 2. The molecule has 0 fully saturated rings.